The molecular formula is C15H26O3S. The van der Waals surface area contributed by atoms with E-state index in [1.807, 2.05) is 19.9 Å². The molecule has 0 fully saturated rings. The summed E-state index contributed by atoms with van der Waals surface area (Å²) in [6.07, 6.45) is 5.70. The maximum Gasteiger partial charge on any atom is 0.275 e. The van der Waals surface area contributed by atoms with Gasteiger partial charge in [0.05, 0.1) is 0 Å². The first kappa shape index (κ1) is 16.4. The van der Waals surface area contributed by atoms with E-state index in [4.69, 9.17) is 0 Å². The van der Waals surface area contributed by atoms with Crippen LogP contribution in [0.1, 0.15) is 41.5 Å². The van der Waals surface area contributed by atoms with Crippen molar-refractivity contribution in [1.82, 2.24) is 0 Å². The second-order valence-electron chi connectivity index (χ2n) is 6.40. The lowest BCUT2D eigenvalue weighted by Gasteiger charge is -2.41. The molecule has 0 heterocycles. The molecule has 1 rings (SSSR count). The Labute approximate surface area is 117 Å². The highest BCUT2D eigenvalue weighted by Crippen LogP contribution is 2.44. The summed E-state index contributed by atoms with van der Waals surface area (Å²) in [6, 6.07) is 0. The maximum atomic E-state index is 11.5. The normalized spacial score (nSPS) is 23.3. The van der Waals surface area contributed by atoms with Crippen molar-refractivity contribution in [2.24, 2.45) is 23.2 Å². The van der Waals surface area contributed by atoms with Gasteiger partial charge in [0.15, 0.2) is 0 Å². The number of hydrogen-bond donors (Lipinski definition) is 1. The van der Waals surface area contributed by atoms with Gasteiger partial charge < -0.3 is 0 Å². The van der Waals surface area contributed by atoms with E-state index in [2.05, 4.69) is 33.8 Å². The fourth-order valence-corrected chi connectivity index (χ4v) is 3.90. The molecule has 19 heavy (non-hydrogen) atoms. The SMILES string of the molecule is CC(C)C1=CC(C(C)C)(C(C)C)C=CC1S(=O)(=O)O. The van der Waals surface area contributed by atoms with Crippen molar-refractivity contribution in [1.29, 1.82) is 0 Å². The molecule has 1 aliphatic rings. The van der Waals surface area contributed by atoms with Crippen LogP contribution in [0, 0.1) is 23.2 Å². The van der Waals surface area contributed by atoms with E-state index >= 15 is 0 Å². The summed E-state index contributed by atoms with van der Waals surface area (Å²) in [4.78, 5) is 0. The highest BCUT2D eigenvalue weighted by Gasteiger charge is 2.39. The fourth-order valence-electron chi connectivity index (χ4n) is 2.94. The zero-order valence-electron chi connectivity index (χ0n) is 12.7. The molecule has 0 saturated carbocycles. The minimum Gasteiger partial charge on any atom is -0.285 e. The van der Waals surface area contributed by atoms with Crippen LogP contribution in [-0.2, 0) is 10.1 Å². The van der Waals surface area contributed by atoms with E-state index < -0.39 is 15.4 Å². The van der Waals surface area contributed by atoms with Gasteiger partial charge in [-0.2, -0.15) is 8.42 Å². The lowest BCUT2D eigenvalue weighted by atomic mass is 9.65. The third-order valence-corrected chi connectivity index (χ3v) is 5.36. The predicted molar refractivity (Wildman–Crippen MR) is 79.5 cm³/mol. The highest BCUT2D eigenvalue weighted by molar-refractivity contribution is 7.86. The summed E-state index contributed by atoms with van der Waals surface area (Å²) in [5.74, 6) is 0.841. The molecule has 0 aromatic rings. The molecule has 0 aromatic heterocycles. The molecule has 0 aromatic carbocycles. The molecule has 3 nitrogen and oxygen atoms in total. The standard InChI is InChI=1S/C15H26O3S/c1-10(2)13-9-15(11(3)4,12(5)6)8-7-14(13)19(16,17)18/h7-12,14H,1-6H3,(H,16,17,18). The zero-order chi connectivity index (χ0) is 15.0. The first-order valence-corrected chi connectivity index (χ1v) is 8.41. The van der Waals surface area contributed by atoms with Gasteiger partial charge in [-0.15, -0.1) is 0 Å². The molecular weight excluding hydrogens is 260 g/mol. The average molecular weight is 286 g/mol. The molecule has 1 aliphatic carbocycles. The summed E-state index contributed by atoms with van der Waals surface area (Å²) in [5.41, 5.74) is 0.660. The Kier molecular flexibility index (Phi) is 4.68. The van der Waals surface area contributed by atoms with Gasteiger partial charge in [-0.3, -0.25) is 4.55 Å². The minimum absolute atomic E-state index is 0.0914. The molecule has 0 aliphatic heterocycles. The number of hydrogen-bond acceptors (Lipinski definition) is 2. The molecule has 1 N–H and O–H groups in total. The van der Waals surface area contributed by atoms with E-state index in [0.717, 1.165) is 5.57 Å². The van der Waals surface area contributed by atoms with Crippen LogP contribution in [-0.4, -0.2) is 18.2 Å². The van der Waals surface area contributed by atoms with Gasteiger partial charge in [-0.1, -0.05) is 59.8 Å². The Hall–Kier alpha value is -0.610. The summed E-state index contributed by atoms with van der Waals surface area (Å²) in [6.45, 7) is 12.5. The first-order chi connectivity index (χ1) is 8.52. The van der Waals surface area contributed by atoms with Crippen molar-refractivity contribution in [2.75, 3.05) is 0 Å². The monoisotopic (exact) mass is 286 g/mol. The van der Waals surface area contributed by atoms with E-state index in [1.54, 1.807) is 6.08 Å². The Morgan fingerprint density at radius 2 is 1.58 bits per heavy atom. The van der Waals surface area contributed by atoms with Crippen LogP contribution in [0.2, 0.25) is 0 Å². The van der Waals surface area contributed by atoms with Crippen molar-refractivity contribution in [3.63, 3.8) is 0 Å². The molecule has 0 radical (unpaired) electrons. The van der Waals surface area contributed by atoms with Gasteiger partial charge in [0.1, 0.15) is 5.25 Å². The number of allylic oxidation sites excluding steroid dienone is 2. The third-order valence-electron chi connectivity index (χ3n) is 4.29. The summed E-state index contributed by atoms with van der Waals surface area (Å²) in [7, 11) is -4.08. The van der Waals surface area contributed by atoms with Crippen molar-refractivity contribution in [2.45, 2.75) is 46.8 Å². The second-order valence-corrected chi connectivity index (χ2v) is 7.94. The van der Waals surface area contributed by atoms with E-state index in [9.17, 15) is 13.0 Å². The Bertz CT molecular complexity index is 474. The quantitative estimate of drug-likeness (QED) is 0.633. The van der Waals surface area contributed by atoms with Gasteiger partial charge in [0, 0.05) is 5.41 Å². The summed E-state index contributed by atoms with van der Waals surface area (Å²) in [5, 5.41) is -0.891. The Balaban J connectivity index is 3.40. The van der Waals surface area contributed by atoms with Crippen LogP contribution in [0.5, 0.6) is 0 Å². The number of rotatable bonds is 4. The van der Waals surface area contributed by atoms with Gasteiger partial charge in [-0.25, -0.2) is 0 Å². The van der Waals surface area contributed by atoms with Gasteiger partial charge in [0.2, 0.25) is 0 Å². The van der Waals surface area contributed by atoms with E-state index in [0.29, 0.717) is 11.8 Å². The Morgan fingerprint density at radius 1 is 1.11 bits per heavy atom. The first-order valence-electron chi connectivity index (χ1n) is 6.90. The predicted octanol–water partition coefficient (Wildman–Crippen LogP) is 3.69. The molecule has 1 atom stereocenters. The van der Waals surface area contributed by atoms with Gasteiger partial charge >= 0.3 is 0 Å². The molecule has 0 spiro atoms. The Morgan fingerprint density at radius 3 is 1.89 bits per heavy atom. The molecule has 1 unspecified atom stereocenters. The van der Waals surface area contributed by atoms with Crippen LogP contribution in [0.3, 0.4) is 0 Å². The van der Waals surface area contributed by atoms with E-state index in [1.165, 1.54) is 0 Å². The third kappa shape index (κ3) is 3.11. The lowest BCUT2D eigenvalue weighted by molar-refractivity contribution is 0.242. The molecule has 0 bridgehead atoms. The van der Waals surface area contributed by atoms with Crippen LogP contribution in [0.25, 0.3) is 0 Å². The second kappa shape index (κ2) is 5.41. The average Bonchev–Trinajstić information content (AvgIpc) is 2.26. The topological polar surface area (TPSA) is 54.4 Å². The van der Waals surface area contributed by atoms with Gasteiger partial charge in [-0.05, 0) is 23.3 Å². The smallest absolute Gasteiger partial charge is 0.275 e. The summed E-state index contributed by atoms with van der Waals surface area (Å²) < 4.78 is 32.4. The fraction of sp³-hybridized carbons (Fsp3) is 0.733. The van der Waals surface area contributed by atoms with Crippen molar-refractivity contribution >= 4 is 10.1 Å². The lowest BCUT2D eigenvalue weighted by Crippen LogP contribution is -2.36. The largest absolute Gasteiger partial charge is 0.285 e. The van der Waals surface area contributed by atoms with Crippen molar-refractivity contribution in [3.05, 3.63) is 23.8 Å². The molecule has 4 heteroatoms. The van der Waals surface area contributed by atoms with Crippen molar-refractivity contribution in [3.8, 4) is 0 Å². The van der Waals surface area contributed by atoms with Crippen LogP contribution >= 0.6 is 0 Å². The van der Waals surface area contributed by atoms with Crippen LogP contribution in [0.15, 0.2) is 23.8 Å². The zero-order valence-corrected chi connectivity index (χ0v) is 13.5. The maximum absolute atomic E-state index is 11.5. The van der Waals surface area contributed by atoms with Crippen LogP contribution in [0.4, 0.5) is 0 Å². The highest BCUT2D eigenvalue weighted by atomic mass is 32.2. The van der Waals surface area contributed by atoms with Crippen molar-refractivity contribution < 1.29 is 13.0 Å². The van der Waals surface area contributed by atoms with Gasteiger partial charge in [0.25, 0.3) is 10.1 Å². The molecule has 110 valence electrons. The summed E-state index contributed by atoms with van der Waals surface area (Å²) >= 11 is 0. The minimum atomic E-state index is -4.08. The molecule has 0 amide bonds. The molecule has 0 saturated heterocycles. The van der Waals surface area contributed by atoms with E-state index in [-0.39, 0.29) is 11.3 Å². The van der Waals surface area contributed by atoms with Crippen LogP contribution < -0.4 is 0 Å².